The molecule has 0 aliphatic carbocycles. The summed E-state index contributed by atoms with van der Waals surface area (Å²) in [5.41, 5.74) is 7.92. The zero-order valence-electron chi connectivity index (χ0n) is 10.7. The molecule has 18 heavy (non-hydrogen) atoms. The molecule has 1 atom stereocenters. The van der Waals surface area contributed by atoms with E-state index in [-0.39, 0.29) is 0 Å². The van der Waals surface area contributed by atoms with Crippen molar-refractivity contribution in [3.05, 3.63) is 28.2 Å². The van der Waals surface area contributed by atoms with Crippen molar-refractivity contribution in [1.82, 2.24) is 4.90 Å². The Balaban J connectivity index is 2.37. The number of anilines is 1. The summed E-state index contributed by atoms with van der Waals surface area (Å²) in [7, 11) is 2.16. The molecule has 1 fully saturated rings. The van der Waals surface area contributed by atoms with Gasteiger partial charge in [0.1, 0.15) is 4.99 Å². The Labute approximate surface area is 122 Å². The van der Waals surface area contributed by atoms with E-state index in [1.54, 1.807) is 0 Å². The molecule has 2 N–H and O–H groups in total. The van der Waals surface area contributed by atoms with E-state index in [1.807, 2.05) is 12.1 Å². The highest BCUT2D eigenvalue weighted by molar-refractivity contribution is 9.10. The summed E-state index contributed by atoms with van der Waals surface area (Å²) in [4.78, 5) is 5.20. The fourth-order valence-electron chi connectivity index (χ4n) is 2.45. The van der Waals surface area contributed by atoms with Crippen molar-refractivity contribution >= 4 is 38.8 Å². The minimum absolute atomic E-state index is 0.462. The Morgan fingerprint density at radius 1 is 1.44 bits per heavy atom. The monoisotopic (exact) mass is 327 g/mol. The predicted octanol–water partition coefficient (Wildman–Crippen LogP) is 2.22. The Bertz CT molecular complexity index is 464. The van der Waals surface area contributed by atoms with Crippen LogP contribution in [0.1, 0.15) is 12.5 Å². The second kappa shape index (κ2) is 5.55. The van der Waals surface area contributed by atoms with Gasteiger partial charge in [-0.05, 0) is 32.2 Å². The van der Waals surface area contributed by atoms with Crippen molar-refractivity contribution in [2.45, 2.75) is 13.0 Å². The first-order valence-corrected chi connectivity index (χ1v) is 7.23. The van der Waals surface area contributed by atoms with Crippen LogP contribution in [0, 0.1) is 0 Å². The predicted molar refractivity (Wildman–Crippen MR) is 84.3 cm³/mol. The lowest BCUT2D eigenvalue weighted by Gasteiger charge is -2.40. The lowest BCUT2D eigenvalue weighted by atomic mass is 10.1. The van der Waals surface area contributed by atoms with Gasteiger partial charge in [0.15, 0.2) is 0 Å². The van der Waals surface area contributed by atoms with Gasteiger partial charge in [-0.2, -0.15) is 0 Å². The Kier molecular flexibility index (Phi) is 4.25. The maximum atomic E-state index is 5.82. The standard InChI is InChI=1S/C13H18BrN3S/c1-9-8-16(2)5-6-17(9)12-7-10(14)3-4-11(12)13(15)18/h3-4,7,9H,5-6,8H2,1-2H3,(H2,15,18). The van der Waals surface area contributed by atoms with Crippen LogP contribution >= 0.6 is 28.1 Å². The van der Waals surface area contributed by atoms with Crippen LogP contribution in [0.2, 0.25) is 0 Å². The summed E-state index contributed by atoms with van der Waals surface area (Å²) < 4.78 is 1.06. The van der Waals surface area contributed by atoms with Crippen molar-refractivity contribution in [2.75, 3.05) is 31.6 Å². The minimum Gasteiger partial charge on any atom is -0.389 e. The zero-order valence-corrected chi connectivity index (χ0v) is 13.1. The van der Waals surface area contributed by atoms with Gasteiger partial charge in [-0.15, -0.1) is 0 Å². The van der Waals surface area contributed by atoms with Crippen LogP contribution in [-0.4, -0.2) is 42.6 Å². The van der Waals surface area contributed by atoms with Crippen molar-refractivity contribution in [1.29, 1.82) is 0 Å². The van der Waals surface area contributed by atoms with Gasteiger partial charge < -0.3 is 15.5 Å². The number of hydrogen-bond donors (Lipinski definition) is 1. The third-order valence-corrected chi connectivity index (χ3v) is 4.08. The van der Waals surface area contributed by atoms with E-state index in [9.17, 15) is 0 Å². The second-order valence-corrected chi connectivity index (χ2v) is 6.19. The van der Waals surface area contributed by atoms with Crippen LogP contribution in [0.3, 0.4) is 0 Å². The molecule has 0 amide bonds. The molecular formula is C13H18BrN3S. The highest BCUT2D eigenvalue weighted by atomic mass is 79.9. The SMILES string of the molecule is CC1CN(C)CCN1c1cc(Br)ccc1C(N)=S. The number of nitrogens with zero attached hydrogens (tertiary/aromatic N) is 2. The average molecular weight is 328 g/mol. The number of halogens is 1. The smallest absolute Gasteiger partial charge is 0.106 e. The van der Waals surface area contributed by atoms with Gasteiger partial charge in [0.05, 0.1) is 0 Å². The van der Waals surface area contributed by atoms with E-state index in [0.29, 0.717) is 11.0 Å². The molecule has 1 aliphatic heterocycles. The van der Waals surface area contributed by atoms with Crippen molar-refractivity contribution in [3.63, 3.8) is 0 Å². The molecule has 5 heteroatoms. The quantitative estimate of drug-likeness (QED) is 0.844. The number of likely N-dealkylation sites (N-methyl/N-ethyl adjacent to an activating group) is 1. The van der Waals surface area contributed by atoms with Gasteiger partial charge in [0, 0.05) is 41.4 Å². The summed E-state index contributed by atoms with van der Waals surface area (Å²) in [5, 5.41) is 0. The van der Waals surface area contributed by atoms with Crippen molar-refractivity contribution in [3.8, 4) is 0 Å². The Morgan fingerprint density at radius 2 is 2.17 bits per heavy atom. The number of benzene rings is 1. The minimum atomic E-state index is 0.462. The summed E-state index contributed by atoms with van der Waals surface area (Å²) >= 11 is 8.67. The molecule has 1 unspecified atom stereocenters. The molecule has 3 nitrogen and oxygen atoms in total. The van der Waals surface area contributed by atoms with Crippen LogP contribution < -0.4 is 10.6 Å². The number of thiocarbonyl (C=S) groups is 1. The zero-order chi connectivity index (χ0) is 13.3. The summed E-state index contributed by atoms with van der Waals surface area (Å²) in [6.45, 7) is 5.36. The van der Waals surface area contributed by atoms with Crippen LogP contribution in [0.25, 0.3) is 0 Å². The first-order chi connectivity index (χ1) is 8.49. The number of rotatable bonds is 2. The Hall–Kier alpha value is -0.650. The third-order valence-electron chi connectivity index (χ3n) is 3.37. The molecule has 98 valence electrons. The van der Waals surface area contributed by atoms with Crippen LogP contribution in [0.15, 0.2) is 22.7 Å². The van der Waals surface area contributed by atoms with Gasteiger partial charge >= 0.3 is 0 Å². The van der Waals surface area contributed by atoms with Crippen molar-refractivity contribution in [2.24, 2.45) is 5.73 Å². The molecule has 1 saturated heterocycles. The van der Waals surface area contributed by atoms with E-state index >= 15 is 0 Å². The van der Waals surface area contributed by atoms with Gasteiger partial charge in [0.25, 0.3) is 0 Å². The first-order valence-electron chi connectivity index (χ1n) is 6.03. The molecule has 1 aromatic rings. The molecule has 0 radical (unpaired) electrons. The first kappa shape index (κ1) is 13.8. The summed E-state index contributed by atoms with van der Waals surface area (Å²) in [6.07, 6.45) is 0. The van der Waals surface area contributed by atoms with E-state index in [2.05, 4.69) is 45.8 Å². The van der Waals surface area contributed by atoms with Crippen LogP contribution in [0.4, 0.5) is 5.69 Å². The molecule has 0 spiro atoms. The second-order valence-electron chi connectivity index (χ2n) is 4.83. The number of piperazine rings is 1. The average Bonchev–Trinajstić information content (AvgIpc) is 2.28. The lowest BCUT2D eigenvalue weighted by molar-refractivity contribution is 0.275. The van der Waals surface area contributed by atoms with Gasteiger partial charge in [0.2, 0.25) is 0 Å². The fraction of sp³-hybridized carbons (Fsp3) is 0.462. The van der Waals surface area contributed by atoms with Crippen LogP contribution in [0.5, 0.6) is 0 Å². The molecule has 1 aliphatic rings. The number of hydrogen-bond acceptors (Lipinski definition) is 3. The highest BCUT2D eigenvalue weighted by Crippen LogP contribution is 2.28. The molecule has 0 saturated carbocycles. The normalized spacial score (nSPS) is 21.1. The number of nitrogens with two attached hydrogens (primary N) is 1. The fourth-order valence-corrected chi connectivity index (χ4v) is 2.97. The van der Waals surface area contributed by atoms with E-state index in [0.717, 1.165) is 35.4 Å². The molecule has 0 bridgehead atoms. The van der Waals surface area contributed by atoms with Gasteiger partial charge in [-0.1, -0.05) is 28.1 Å². The maximum Gasteiger partial charge on any atom is 0.106 e. The summed E-state index contributed by atoms with van der Waals surface area (Å²) in [5.74, 6) is 0. The maximum absolute atomic E-state index is 5.82. The van der Waals surface area contributed by atoms with Crippen LogP contribution in [-0.2, 0) is 0 Å². The Morgan fingerprint density at radius 3 is 2.78 bits per heavy atom. The molecule has 2 rings (SSSR count). The van der Waals surface area contributed by atoms with Gasteiger partial charge in [-0.25, -0.2) is 0 Å². The third kappa shape index (κ3) is 2.84. The molecule has 1 aromatic carbocycles. The molecular weight excluding hydrogens is 310 g/mol. The highest BCUT2D eigenvalue weighted by Gasteiger charge is 2.24. The summed E-state index contributed by atoms with van der Waals surface area (Å²) in [6, 6.07) is 6.55. The van der Waals surface area contributed by atoms with E-state index in [1.165, 1.54) is 0 Å². The largest absolute Gasteiger partial charge is 0.389 e. The molecule has 0 aromatic heterocycles. The molecule has 1 heterocycles. The van der Waals surface area contributed by atoms with E-state index < -0.39 is 0 Å². The lowest BCUT2D eigenvalue weighted by Crippen LogP contribution is -2.51. The van der Waals surface area contributed by atoms with Crippen molar-refractivity contribution < 1.29 is 0 Å². The van der Waals surface area contributed by atoms with Gasteiger partial charge in [-0.3, -0.25) is 0 Å². The van der Waals surface area contributed by atoms with E-state index in [4.69, 9.17) is 18.0 Å². The topological polar surface area (TPSA) is 32.5 Å².